The van der Waals surface area contributed by atoms with E-state index in [1.807, 2.05) is 64.2 Å². The molecule has 1 aliphatic carbocycles. The van der Waals surface area contributed by atoms with Gasteiger partial charge in [-0.25, -0.2) is 9.67 Å². The number of aromatic nitrogens is 3. The zero-order chi connectivity index (χ0) is 20.1. The summed E-state index contributed by atoms with van der Waals surface area (Å²) < 4.78 is 3.01. The molecule has 6 rings (SSSR count). The molecule has 2 fully saturated rings. The Kier molecular flexibility index (Phi) is 4.20. The smallest absolute Gasteiger partial charge is 0.273 e. The summed E-state index contributed by atoms with van der Waals surface area (Å²) >= 11 is 1.70. The minimum absolute atomic E-state index is 0.0402. The number of likely N-dealkylation sites (tertiary alicyclic amines) is 1. The maximum absolute atomic E-state index is 13.7. The van der Waals surface area contributed by atoms with Crippen molar-refractivity contribution in [1.29, 1.82) is 0 Å². The van der Waals surface area contributed by atoms with E-state index in [2.05, 4.69) is 6.07 Å². The predicted molar refractivity (Wildman–Crippen MR) is 118 cm³/mol. The number of nitrogens with zero attached hydrogens (tertiary/aromatic N) is 4. The van der Waals surface area contributed by atoms with E-state index < -0.39 is 0 Å². The van der Waals surface area contributed by atoms with Crippen molar-refractivity contribution in [2.75, 3.05) is 6.54 Å². The van der Waals surface area contributed by atoms with E-state index in [1.165, 1.54) is 4.70 Å². The Morgan fingerprint density at radius 3 is 2.60 bits per heavy atom. The third-order valence-corrected chi connectivity index (χ3v) is 7.19. The number of carbonyl (C=O) groups is 1. The number of rotatable bonds is 4. The number of fused-ring (bicyclic) bond motifs is 1. The van der Waals surface area contributed by atoms with E-state index in [4.69, 9.17) is 10.1 Å². The molecule has 0 bridgehead atoms. The van der Waals surface area contributed by atoms with Crippen LogP contribution in [0.1, 0.15) is 58.8 Å². The fourth-order valence-electron chi connectivity index (χ4n) is 4.34. The fourth-order valence-corrected chi connectivity index (χ4v) is 5.46. The molecule has 30 heavy (non-hydrogen) atoms. The molecule has 0 N–H and O–H groups in total. The Balaban J connectivity index is 1.38. The number of thiazole rings is 1. The van der Waals surface area contributed by atoms with Crippen LogP contribution in [0.4, 0.5) is 0 Å². The highest BCUT2D eigenvalue weighted by Crippen LogP contribution is 2.41. The van der Waals surface area contributed by atoms with Gasteiger partial charge in [-0.3, -0.25) is 4.79 Å². The van der Waals surface area contributed by atoms with E-state index >= 15 is 0 Å². The molecule has 1 saturated carbocycles. The quantitative estimate of drug-likeness (QED) is 0.453. The largest absolute Gasteiger partial charge is 0.328 e. The lowest BCUT2D eigenvalue weighted by Crippen LogP contribution is -2.32. The summed E-state index contributed by atoms with van der Waals surface area (Å²) in [6.45, 7) is 0.762. The summed E-state index contributed by atoms with van der Waals surface area (Å²) in [4.78, 5) is 20.6. The maximum Gasteiger partial charge on any atom is 0.273 e. The first-order valence-electron chi connectivity index (χ1n) is 10.6. The van der Waals surface area contributed by atoms with Gasteiger partial charge in [-0.15, -0.1) is 11.3 Å². The van der Waals surface area contributed by atoms with Crippen molar-refractivity contribution in [3.8, 4) is 5.69 Å². The summed E-state index contributed by atoms with van der Waals surface area (Å²) in [5.41, 5.74) is 3.65. The van der Waals surface area contributed by atoms with Crippen molar-refractivity contribution in [3.63, 3.8) is 0 Å². The number of carbonyl (C=O) groups excluding carboxylic acids is 1. The molecule has 4 aromatic rings. The molecule has 150 valence electrons. The summed E-state index contributed by atoms with van der Waals surface area (Å²) in [5.74, 6) is 0.556. The highest BCUT2D eigenvalue weighted by atomic mass is 32.1. The van der Waals surface area contributed by atoms with E-state index in [0.29, 0.717) is 11.6 Å². The van der Waals surface area contributed by atoms with Crippen LogP contribution >= 0.6 is 11.3 Å². The van der Waals surface area contributed by atoms with Gasteiger partial charge in [0.05, 0.1) is 27.6 Å². The molecule has 1 amide bonds. The minimum Gasteiger partial charge on any atom is -0.328 e. The van der Waals surface area contributed by atoms with Crippen LogP contribution < -0.4 is 0 Å². The van der Waals surface area contributed by atoms with Gasteiger partial charge >= 0.3 is 0 Å². The number of benzene rings is 2. The molecule has 0 radical (unpaired) electrons. The van der Waals surface area contributed by atoms with Gasteiger partial charge in [0.2, 0.25) is 0 Å². The third-order valence-electron chi connectivity index (χ3n) is 6.05. The van der Waals surface area contributed by atoms with Crippen LogP contribution in [0.3, 0.4) is 0 Å². The van der Waals surface area contributed by atoms with Crippen molar-refractivity contribution in [2.24, 2.45) is 0 Å². The molecular formula is C24H22N4OS. The van der Waals surface area contributed by atoms with Gasteiger partial charge in [0, 0.05) is 12.5 Å². The van der Waals surface area contributed by atoms with Crippen molar-refractivity contribution in [1.82, 2.24) is 19.7 Å². The molecule has 2 aromatic carbocycles. The Morgan fingerprint density at radius 1 is 1.00 bits per heavy atom. The second-order valence-corrected chi connectivity index (χ2v) is 9.21. The van der Waals surface area contributed by atoms with Gasteiger partial charge in [0.15, 0.2) is 0 Å². The average molecular weight is 415 g/mol. The van der Waals surface area contributed by atoms with Crippen molar-refractivity contribution in [3.05, 3.63) is 77.1 Å². The lowest BCUT2D eigenvalue weighted by Gasteiger charge is -2.23. The Morgan fingerprint density at radius 2 is 1.80 bits per heavy atom. The standard InChI is InChI=1S/C24H22N4OS/c29-24(21-15-19(16-12-13-16)26-28(21)17-7-2-1-3-8-17)27-14-6-10-20(27)23-25-18-9-4-5-11-22(18)30-23/h1-5,7-9,11,15-16,20H,6,10,12-14H2. The lowest BCUT2D eigenvalue weighted by molar-refractivity contribution is 0.0726. The second kappa shape index (κ2) is 7.06. The highest BCUT2D eigenvalue weighted by molar-refractivity contribution is 7.18. The first kappa shape index (κ1) is 17.8. The van der Waals surface area contributed by atoms with Crippen LogP contribution in [0.15, 0.2) is 60.7 Å². The van der Waals surface area contributed by atoms with Gasteiger partial charge in [-0.05, 0) is 56.0 Å². The fraction of sp³-hybridized carbons (Fsp3) is 0.292. The lowest BCUT2D eigenvalue weighted by atomic mass is 10.2. The van der Waals surface area contributed by atoms with Crippen LogP contribution in [0.2, 0.25) is 0 Å². The SMILES string of the molecule is O=C(c1cc(C2CC2)nn1-c1ccccc1)N1CCCC1c1nc2ccccc2s1. The highest BCUT2D eigenvalue weighted by Gasteiger charge is 2.36. The monoisotopic (exact) mass is 414 g/mol. The van der Waals surface area contributed by atoms with Crippen molar-refractivity contribution in [2.45, 2.75) is 37.6 Å². The summed E-state index contributed by atoms with van der Waals surface area (Å²) in [6.07, 6.45) is 4.29. The van der Waals surface area contributed by atoms with E-state index in [0.717, 1.165) is 54.1 Å². The molecule has 1 unspecified atom stereocenters. The van der Waals surface area contributed by atoms with Gasteiger partial charge < -0.3 is 4.90 Å². The average Bonchev–Trinajstić information content (AvgIpc) is 3.20. The molecule has 2 aromatic heterocycles. The van der Waals surface area contributed by atoms with Gasteiger partial charge in [0.1, 0.15) is 10.7 Å². The molecule has 2 aliphatic rings. The minimum atomic E-state index is 0.0402. The van der Waals surface area contributed by atoms with E-state index in [-0.39, 0.29) is 11.9 Å². The molecule has 6 heteroatoms. The molecule has 1 saturated heterocycles. The number of para-hydroxylation sites is 2. The predicted octanol–water partition coefficient (Wildman–Crippen LogP) is 5.34. The summed E-state index contributed by atoms with van der Waals surface area (Å²) in [6, 6.07) is 20.2. The molecular weight excluding hydrogens is 392 g/mol. The molecule has 5 nitrogen and oxygen atoms in total. The van der Waals surface area contributed by atoms with Gasteiger partial charge in [-0.2, -0.15) is 5.10 Å². The Bertz CT molecular complexity index is 1190. The summed E-state index contributed by atoms with van der Waals surface area (Å²) in [5, 5.41) is 5.86. The van der Waals surface area contributed by atoms with Crippen LogP contribution in [0.5, 0.6) is 0 Å². The first-order chi connectivity index (χ1) is 14.8. The zero-order valence-electron chi connectivity index (χ0n) is 16.6. The van der Waals surface area contributed by atoms with Crippen molar-refractivity contribution < 1.29 is 4.79 Å². The first-order valence-corrected chi connectivity index (χ1v) is 11.4. The molecule has 3 heterocycles. The maximum atomic E-state index is 13.7. The Hall–Kier alpha value is -2.99. The molecule has 1 aliphatic heterocycles. The van der Waals surface area contributed by atoms with Crippen LogP contribution in [0, 0.1) is 0 Å². The molecule has 1 atom stereocenters. The number of hydrogen-bond acceptors (Lipinski definition) is 4. The number of amides is 1. The van der Waals surface area contributed by atoms with Crippen molar-refractivity contribution >= 4 is 27.5 Å². The van der Waals surface area contributed by atoms with E-state index in [1.54, 1.807) is 11.3 Å². The number of hydrogen-bond donors (Lipinski definition) is 0. The third kappa shape index (κ3) is 3.03. The van der Waals surface area contributed by atoms with E-state index in [9.17, 15) is 4.79 Å². The summed E-state index contributed by atoms with van der Waals surface area (Å²) in [7, 11) is 0. The normalized spacial score (nSPS) is 18.9. The second-order valence-electron chi connectivity index (χ2n) is 8.15. The topological polar surface area (TPSA) is 51.0 Å². The Labute approximate surface area is 179 Å². The van der Waals surface area contributed by atoms with Crippen LogP contribution in [-0.2, 0) is 0 Å². The van der Waals surface area contributed by atoms with Gasteiger partial charge in [-0.1, -0.05) is 30.3 Å². The zero-order valence-corrected chi connectivity index (χ0v) is 17.4. The van der Waals surface area contributed by atoms with Crippen LogP contribution in [-0.4, -0.2) is 32.1 Å². The van der Waals surface area contributed by atoms with Gasteiger partial charge in [0.25, 0.3) is 5.91 Å². The molecule has 0 spiro atoms. The van der Waals surface area contributed by atoms with Crippen LogP contribution in [0.25, 0.3) is 15.9 Å².